The van der Waals surface area contributed by atoms with Crippen molar-refractivity contribution < 1.29 is 4.39 Å². The van der Waals surface area contributed by atoms with Gasteiger partial charge in [0.2, 0.25) is 0 Å². The standard InChI is InChI=1S/C13H20FN3/c1-10-8-16(2)6-7-17(10)9-11-4-3-5-12(14)13(11)15/h3-5,10H,6-9,15H2,1-2H3. The number of nitrogen functional groups attached to an aromatic ring is 1. The van der Waals surface area contributed by atoms with Crippen LogP contribution in [0.2, 0.25) is 0 Å². The van der Waals surface area contributed by atoms with Gasteiger partial charge in [-0.15, -0.1) is 0 Å². The summed E-state index contributed by atoms with van der Waals surface area (Å²) in [5.41, 5.74) is 6.94. The maximum absolute atomic E-state index is 13.3. The lowest BCUT2D eigenvalue weighted by molar-refractivity contribution is 0.0939. The molecule has 1 fully saturated rings. The van der Waals surface area contributed by atoms with Gasteiger partial charge in [-0.3, -0.25) is 4.90 Å². The summed E-state index contributed by atoms with van der Waals surface area (Å²) in [4.78, 5) is 4.67. The van der Waals surface area contributed by atoms with E-state index in [4.69, 9.17) is 5.73 Å². The molecule has 1 aromatic carbocycles. The highest BCUT2D eigenvalue weighted by Crippen LogP contribution is 2.20. The van der Waals surface area contributed by atoms with E-state index in [1.165, 1.54) is 6.07 Å². The highest BCUT2D eigenvalue weighted by molar-refractivity contribution is 5.47. The Bertz CT molecular complexity index is 394. The minimum atomic E-state index is -0.315. The zero-order valence-electron chi connectivity index (χ0n) is 10.5. The smallest absolute Gasteiger partial charge is 0.146 e. The molecule has 17 heavy (non-hydrogen) atoms. The summed E-state index contributed by atoms with van der Waals surface area (Å²) in [6.45, 7) is 6.05. The fourth-order valence-corrected chi connectivity index (χ4v) is 2.35. The van der Waals surface area contributed by atoms with E-state index in [2.05, 4.69) is 23.8 Å². The summed E-state index contributed by atoms with van der Waals surface area (Å²) in [6.07, 6.45) is 0. The van der Waals surface area contributed by atoms with Crippen LogP contribution in [0.15, 0.2) is 18.2 Å². The predicted octanol–water partition coefficient (Wildman–Crippen LogP) is 1.54. The fourth-order valence-electron chi connectivity index (χ4n) is 2.35. The number of hydrogen-bond acceptors (Lipinski definition) is 3. The van der Waals surface area contributed by atoms with Gasteiger partial charge in [-0.2, -0.15) is 0 Å². The first-order valence-corrected chi connectivity index (χ1v) is 6.03. The number of para-hydroxylation sites is 1. The Morgan fingerprint density at radius 2 is 2.18 bits per heavy atom. The highest BCUT2D eigenvalue weighted by atomic mass is 19.1. The lowest BCUT2D eigenvalue weighted by Gasteiger charge is -2.38. The molecule has 2 N–H and O–H groups in total. The molecule has 1 aliphatic heterocycles. The lowest BCUT2D eigenvalue weighted by atomic mass is 10.1. The Balaban J connectivity index is 2.08. The average molecular weight is 237 g/mol. The second-order valence-corrected chi connectivity index (χ2v) is 4.89. The SMILES string of the molecule is CC1CN(C)CCN1Cc1cccc(F)c1N. The molecule has 0 aromatic heterocycles. The molecular formula is C13H20FN3. The molecular weight excluding hydrogens is 217 g/mol. The van der Waals surface area contributed by atoms with Crippen LogP contribution in [-0.2, 0) is 6.54 Å². The molecule has 4 heteroatoms. The molecule has 0 amide bonds. The van der Waals surface area contributed by atoms with Gasteiger partial charge >= 0.3 is 0 Å². The van der Waals surface area contributed by atoms with E-state index in [9.17, 15) is 4.39 Å². The lowest BCUT2D eigenvalue weighted by Crippen LogP contribution is -2.49. The van der Waals surface area contributed by atoms with Crippen LogP contribution >= 0.6 is 0 Å². The van der Waals surface area contributed by atoms with Crippen molar-refractivity contribution in [2.75, 3.05) is 32.4 Å². The van der Waals surface area contributed by atoms with Gasteiger partial charge in [0, 0.05) is 32.2 Å². The van der Waals surface area contributed by atoms with Crippen molar-refractivity contribution >= 4 is 5.69 Å². The van der Waals surface area contributed by atoms with E-state index in [0.29, 0.717) is 11.7 Å². The van der Waals surface area contributed by atoms with Crippen molar-refractivity contribution in [1.82, 2.24) is 9.80 Å². The molecule has 3 nitrogen and oxygen atoms in total. The topological polar surface area (TPSA) is 32.5 Å². The molecule has 1 aromatic rings. The highest BCUT2D eigenvalue weighted by Gasteiger charge is 2.22. The zero-order valence-corrected chi connectivity index (χ0v) is 10.5. The maximum Gasteiger partial charge on any atom is 0.146 e. The number of halogens is 1. The summed E-state index contributed by atoms with van der Waals surface area (Å²) >= 11 is 0. The number of anilines is 1. The first-order chi connectivity index (χ1) is 8.08. The van der Waals surface area contributed by atoms with Crippen LogP contribution in [0.4, 0.5) is 10.1 Å². The summed E-state index contributed by atoms with van der Waals surface area (Å²) < 4.78 is 13.3. The first-order valence-electron chi connectivity index (χ1n) is 6.03. The zero-order chi connectivity index (χ0) is 12.4. The third kappa shape index (κ3) is 2.76. The van der Waals surface area contributed by atoms with Crippen LogP contribution in [0.1, 0.15) is 12.5 Å². The average Bonchev–Trinajstić information content (AvgIpc) is 2.28. The van der Waals surface area contributed by atoms with Crippen molar-refractivity contribution in [3.63, 3.8) is 0 Å². The number of likely N-dealkylation sites (N-methyl/N-ethyl adjacent to an activating group) is 1. The van der Waals surface area contributed by atoms with Crippen molar-refractivity contribution in [3.05, 3.63) is 29.6 Å². The van der Waals surface area contributed by atoms with Gasteiger partial charge in [-0.1, -0.05) is 12.1 Å². The molecule has 1 aliphatic rings. The number of nitrogens with two attached hydrogens (primary N) is 1. The van der Waals surface area contributed by atoms with Gasteiger partial charge in [0.05, 0.1) is 5.69 Å². The Hall–Kier alpha value is -1.13. The third-order valence-corrected chi connectivity index (χ3v) is 3.48. The molecule has 1 atom stereocenters. The maximum atomic E-state index is 13.3. The second kappa shape index (κ2) is 5.02. The van der Waals surface area contributed by atoms with Crippen molar-refractivity contribution in [3.8, 4) is 0 Å². The van der Waals surface area contributed by atoms with Gasteiger partial charge < -0.3 is 10.6 Å². The van der Waals surface area contributed by atoms with Gasteiger partial charge in [0.1, 0.15) is 5.82 Å². The van der Waals surface area contributed by atoms with Gasteiger partial charge in [0.15, 0.2) is 0 Å². The minimum Gasteiger partial charge on any atom is -0.396 e. The number of hydrogen-bond donors (Lipinski definition) is 1. The molecule has 0 aliphatic carbocycles. The normalized spacial score (nSPS) is 22.9. The number of nitrogens with zero attached hydrogens (tertiary/aromatic N) is 2. The number of rotatable bonds is 2. The van der Waals surface area contributed by atoms with Crippen molar-refractivity contribution in [2.24, 2.45) is 0 Å². The van der Waals surface area contributed by atoms with Crippen LogP contribution in [0.25, 0.3) is 0 Å². The molecule has 0 radical (unpaired) electrons. The van der Waals surface area contributed by atoms with Crippen molar-refractivity contribution in [1.29, 1.82) is 0 Å². The van der Waals surface area contributed by atoms with E-state index in [0.717, 1.165) is 31.7 Å². The van der Waals surface area contributed by atoms with E-state index in [1.807, 2.05) is 6.07 Å². The molecule has 1 heterocycles. The second-order valence-electron chi connectivity index (χ2n) is 4.89. The van der Waals surface area contributed by atoms with Crippen LogP contribution < -0.4 is 5.73 Å². The van der Waals surface area contributed by atoms with E-state index < -0.39 is 0 Å². The van der Waals surface area contributed by atoms with Crippen LogP contribution in [-0.4, -0.2) is 42.5 Å². The fraction of sp³-hybridized carbons (Fsp3) is 0.538. The van der Waals surface area contributed by atoms with Crippen molar-refractivity contribution in [2.45, 2.75) is 19.5 Å². The summed E-state index contributed by atoms with van der Waals surface area (Å²) in [5, 5.41) is 0. The van der Waals surface area contributed by atoms with E-state index in [-0.39, 0.29) is 5.82 Å². The van der Waals surface area contributed by atoms with Crippen LogP contribution in [0.3, 0.4) is 0 Å². The first kappa shape index (κ1) is 12.3. The summed E-state index contributed by atoms with van der Waals surface area (Å²) in [5.74, 6) is -0.315. The summed E-state index contributed by atoms with van der Waals surface area (Å²) in [7, 11) is 2.13. The van der Waals surface area contributed by atoms with Gasteiger partial charge in [0.25, 0.3) is 0 Å². The molecule has 94 valence electrons. The third-order valence-electron chi connectivity index (χ3n) is 3.48. The Kier molecular flexibility index (Phi) is 3.64. The minimum absolute atomic E-state index is 0.290. The Morgan fingerprint density at radius 1 is 1.41 bits per heavy atom. The molecule has 1 saturated heterocycles. The largest absolute Gasteiger partial charge is 0.396 e. The quantitative estimate of drug-likeness (QED) is 0.792. The van der Waals surface area contributed by atoms with Gasteiger partial charge in [-0.05, 0) is 25.6 Å². The molecule has 0 saturated carbocycles. The molecule has 2 rings (SSSR count). The van der Waals surface area contributed by atoms with E-state index >= 15 is 0 Å². The monoisotopic (exact) mass is 237 g/mol. The molecule has 0 spiro atoms. The van der Waals surface area contributed by atoms with Crippen LogP contribution in [0.5, 0.6) is 0 Å². The number of piperazine rings is 1. The molecule has 0 bridgehead atoms. The summed E-state index contributed by atoms with van der Waals surface area (Å²) in [6, 6.07) is 5.52. The molecule has 1 unspecified atom stereocenters. The number of benzene rings is 1. The van der Waals surface area contributed by atoms with E-state index in [1.54, 1.807) is 6.07 Å². The van der Waals surface area contributed by atoms with Crippen LogP contribution in [0, 0.1) is 5.82 Å². The predicted molar refractivity (Wildman–Crippen MR) is 68.2 cm³/mol. The Morgan fingerprint density at radius 3 is 2.88 bits per heavy atom. The van der Waals surface area contributed by atoms with Gasteiger partial charge in [-0.25, -0.2) is 4.39 Å². The Labute approximate surface area is 102 Å².